The lowest BCUT2D eigenvalue weighted by Crippen LogP contribution is -2.40. The van der Waals surface area contributed by atoms with Crippen LogP contribution in [-0.4, -0.2) is 33.4 Å². The summed E-state index contributed by atoms with van der Waals surface area (Å²) in [7, 11) is 0. The minimum atomic E-state index is -0.0724. The third-order valence-electron chi connectivity index (χ3n) is 5.04. The summed E-state index contributed by atoms with van der Waals surface area (Å²) in [4.78, 5) is 30.9. The van der Waals surface area contributed by atoms with Crippen molar-refractivity contribution >= 4 is 21.8 Å². The molecule has 2 aromatic rings. The first-order valence-electron chi connectivity index (χ1n) is 8.71. The number of piperidine rings is 1. The number of aromatic nitrogens is 2. The van der Waals surface area contributed by atoms with Gasteiger partial charge in [-0.2, -0.15) is 0 Å². The number of carbonyl (C=O) groups excluding carboxylic acids is 1. The van der Waals surface area contributed by atoms with E-state index in [4.69, 9.17) is 4.42 Å². The molecular weight excluding hydrogens is 386 g/mol. The van der Waals surface area contributed by atoms with Gasteiger partial charge in [0.1, 0.15) is 0 Å². The Labute approximate surface area is 154 Å². The summed E-state index contributed by atoms with van der Waals surface area (Å²) < 4.78 is 7.61. The van der Waals surface area contributed by atoms with Gasteiger partial charge in [0.2, 0.25) is 0 Å². The highest BCUT2D eigenvalue weighted by Gasteiger charge is 2.27. The first kappa shape index (κ1) is 16.6. The van der Waals surface area contributed by atoms with Crippen molar-refractivity contribution in [1.29, 1.82) is 0 Å². The lowest BCUT2D eigenvalue weighted by Gasteiger charge is -2.31. The zero-order valence-corrected chi connectivity index (χ0v) is 15.4. The van der Waals surface area contributed by atoms with E-state index in [1.165, 1.54) is 0 Å². The molecule has 0 bridgehead atoms. The van der Waals surface area contributed by atoms with Gasteiger partial charge in [0.05, 0.1) is 12.0 Å². The summed E-state index contributed by atoms with van der Waals surface area (Å²) in [6.45, 7) is 2.04. The Morgan fingerprint density at radius 1 is 1.24 bits per heavy atom. The van der Waals surface area contributed by atoms with E-state index < -0.39 is 0 Å². The fourth-order valence-electron chi connectivity index (χ4n) is 3.36. The van der Waals surface area contributed by atoms with E-state index in [-0.39, 0.29) is 11.5 Å². The van der Waals surface area contributed by atoms with E-state index in [0.717, 1.165) is 31.4 Å². The Kier molecular flexibility index (Phi) is 4.50. The van der Waals surface area contributed by atoms with Gasteiger partial charge in [-0.1, -0.05) is 0 Å². The number of carbonyl (C=O) groups is 1. The molecule has 0 unspecified atom stereocenters. The van der Waals surface area contributed by atoms with Crippen LogP contribution in [0.25, 0.3) is 0 Å². The van der Waals surface area contributed by atoms with Crippen molar-refractivity contribution in [2.45, 2.75) is 38.1 Å². The van der Waals surface area contributed by atoms with Gasteiger partial charge in [-0.05, 0) is 59.7 Å². The minimum Gasteiger partial charge on any atom is -0.444 e. The third-order valence-corrected chi connectivity index (χ3v) is 5.46. The Balaban J connectivity index is 1.34. The van der Waals surface area contributed by atoms with Gasteiger partial charge in [0.25, 0.3) is 11.5 Å². The van der Waals surface area contributed by atoms with Crippen LogP contribution in [0.4, 0.5) is 0 Å². The Morgan fingerprint density at radius 3 is 2.60 bits per heavy atom. The van der Waals surface area contributed by atoms with E-state index in [2.05, 4.69) is 20.9 Å². The first-order chi connectivity index (χ1) is 12.1. The molecule has 1 saturated carbocycles. The predicted octanol–water partition coefficient (Wildman–Crippen LogP) is 3.03. The highest BCUT2D eigenvalue weighted by molar-refractivity contribution is 9.10. The van der Waals surface area contributed by atoms with Crippen molar-refractivity contribution < 1.29 is 9.21 Å². The number of hydrogen-bond donors (Lipinski definition) is 0. The average molecular weight is 406 g/mol. The van der Waals surface area contributed by atoms with E-state index in [1.807, 2.05) is 4.90 Å². The number of rotatable bonds is 4. The highest BCUT2D eigenvalue weighted by atomic mass is 79.9. The van der Waals surface area contributed by atoms with Crippen LogP contribution in [0.3, 0.4) is 0 Å². The number of hydrogen-bond acceptors (Lipinski definition) is 4. The summed E-state index contributed by atoms with van der Waals surface area (Å²) in [6.07, 6.45) is 5.74. The second-order valence-electron chi connectivity index (χ2n) is 6.92. The number of halogens is 1. The zero-order valence-electron chi connectivity index (χ0n) is 13.9. The maximum atomic E-state index is 12.4. The van der Waals surface area contributed by atoms with Crippen LogP contribution in [0.1, 0.15) is 47.8 Å². The molecule has 0 atom stereocenters. The van der Waals surface area contributed by atoms with Gasteiger partial charge in [0, 0.05) is 31.6 Å². The molecule has 2 aliphatic rings. The van der Waals surface area contributed by atoms with Crippen molar-refractivity contribution in [3.8, 4) is 0 Å². The summed E-state index contributed by atoms with van der Waals surface area (Å²) in [5.41, 5.74) is 0.974. The SMILES string of the molecule is O=C(c1ccc(Br)o1)N1CCC(Cn2cnc(C3CC3)cc2=O)CC1. The van der Waals surface area contributed by atoms with Crippen LogP contribution in [0.2, 0.25) is 0 Å². The average Bonchev–Trinajstić information content (AvgIpc) is 3.38. The van der Waals surface area contributed by atoms with Crippen molar-refractivity contribution in [3.05, 3.63) is 51.0 Å². The monoisotopic (exact) mass is 405 g/mol. The number of furan rings is 1. The number of amides is 1. The third kappa shape index (κ3) is 3.71. The zero-order chi connectivity index (χ0) is 17.4. The quantitative estimate of drug-likeness (QED) is 0.783. The van der Waals surface area contributed by atoms with E-state index in [0.29, 0.717) is 41.9 Å². The van der Waals surface area contributed by atoms with E-state index in [1.54, 1.807) is 29.1 Å². The van der Waals surface area contributed by atoms with Gasteiger partial charge in [-0.15, -0.1) is 0 Å². The van der Waals surface area contributed by atoms with Crippen LogP contribution < -0.4 is 5.56 Å². The van der Waals surface area contributed by atoms with Crippen LogP contribution >= 0.6 is 15.9 Å². The highest BCUT2D eigenvalue weighted by Crippen LogP contribution is 2.38. The smallest absolute Gasteiger partial charge is 0.289 e. The van der Waals surface area contributed by atoms with Gasteiger partial charge in [0.15, 0.2) is 10.4 Å². The minimum absolute atomic E-state index is 0.0378. The van der Waals surface area contributed by atoms with E-state index >= 15 is 0 Å². The second kappa shape index (κ2) is 6.78. The molecule has 2 aromatic heterocycles. The Hall–Kier alpha value is -1.89. The number of likely N-dealkylation sites (tertiary alicyclic amines) is 1. The molecule has 0 N–H and O–H groups in total. The summed E-state index contributed by atoms with van der Waals surface area (Å²) >= 11 is 3.22. The molecule has 2 fully saturated rings. The molecule has 1 aliphatic carbocycles. The van der Waals surface area contributed by atoms with Crippen molar-refractivity contribution in [2.75, 3.05) is 13.1 Å². The largest absolute Gasteiger partial charge is 0.444 e. The van der Waals surface area contributed by atoms with Gasteiger partial charge in [-0.3, -0.25) is 14.2 Å². The molecular formula is C18H20BrN3O3. The topological polar surface area (TPSA) is 68.3 Å². The molecule has 7 heteroatoms. The lowest BCUT2D eigenvalue weighted by atomic mass is 9.96. The fraction of sp³-hybridized carbons (Fsp3) is 0.500. The van der Waals surface area contributed by atoms with Crippen LogP contribution in [0, 0.1) is 5.92 Å². The molecule has 0 spiro atoms. The summed E-state index contributed by atoms with van der Waals surface area (Å²) in [5, 5.41) is 0. The maximum Gasteiger partial charge on any atom is 0.289 e. The predicted molar refractivity (Wildman–Crippen MR) is 95.5 cm³/mol. The Bertz CT molecular complexity index is 832. The normalized spacial score (nSPS) is 18.5. The summed E-state index contributed by atoms with van der Waals surface area (Å²) in [6, 6.07) is 5.10. The van der Waals surface area contributed by atoms with Crippen LogP contribution in [0.5, 0.6) is 0 Å². The van der Waals surface area contributed by atoms with Crippen molar-refractivity contribution in [3.63, 3.8) is 0 Å². The van der Waals surface area contributed by atoms with Gasteiger partial charge in [-0.25, -0.2) is 4.98 Å². The maximum absolute atomic E-state index is 12.4. The molecule has 0 aromatic carbocycles. The van der Waals surface area contributed by atoms with Crippen LogP contribution in [-0.2, 0) is 6.54 Å². The fourth-order valence-corrected chi connectivity index (χ4v) is 3.67. The van der Waals surface area contributed by atoms with Gasteiger partial charge >= 0.3 is 0 Å². The van der Waals surface area contributed by atoms with E-state index in [9.17, 15) is 9.59 Å². The second-order valence-corrected chi connectivity index (χ2v) is 7.70. The molecule has 6 nitrogen and oxygen atoms in total. The molecule has 1 saturated heterocycles. The first-order valence-corrected chi connectivity index (χ1v) is 9.50. The van der Waals surface area contributed by atoms with Gasteiger partial charge < -0.3 is 9.32 Å². The van der Waals surface area contributed by atoms with Crippen molar-refractivity contribution in [2.24, 2.45) is 5.92 Å². The molecule has 4 rings (SSSR count). The molecule has 0 radical (unpaired) electrons. The van der Waals surface area contributed by atoms with Crippen molar-refractivity contribution in [1.82, 2.24) is 14.5 Å². The summed E-state index contributed by atoms with van der Waals surface area (Å²) in [5.74, 6) is 1.18. The Morgan fingerprint density at radius 2 is 2.00 bits per heavy atom. The molecule has 1 amide bonds. The number of nitrogens with zero attached hydrogens (tertiary/aromatic N) is 3. The molecule has 132 valence electrons. The molecule has 3 heterocycles. The van der Waals surface area contributed by atoms with Crippen LogP contribution in [0.15, 0.2) is 38.4 Å². The lowest BCUT2D eigenvalue weighted by molar-refractivity contribution is 0.0649. The molecule has 25 heavy (non-hydrogen) atoms. The standard InChI is InChI=1S/C18H20BrN3O3/c19-16-4-3-15(25-16)18(24)21-7-5-12(6-8-21)10-22-11-20-14(9-17(22)23)13-1-2-13/h3-4,9,11-13H,1-2,5-8,10H2. The molecule has 1 aliphatic heterocycles.